The number of aromatic nitrogens is 3. The zero-order chi connectivity index (χ0) is 12.1. The first kappa shape index (κ1) is 12.4. The molecular weight excluding hydrogens is 216 g/mol. The van der Waals surface area contributed by atoms with Crippen LogP contribution in [-0.2, 0) is 6.42 Å². The molecule has 1 saturated carbocycles. The smallest absolute Gasteiger partial charge is 0.330 e. The second-order valence-corrected chi connectivity index (χ2v) is 4.85. The van der Waals surface area contributed by atoms with Gasteiger partial charge in [-0.15, -0.1) is 0 Å². The number of unbranched alkanes of at least 4 members (excludes halogenated alkanes) is 2. The number of hydrogen-bond acceptors (Lipinski definition) is 3. The molecule has 1 aromatic heterocycles. The number of hydrogen-bond donors (Lipinski definition) is 2. The second-order valence-electron chi connectivity index (χ2n) is 4.85. The van der Waals surface area contributed by atoms with Gasteiger partial charge in [-0.3, -0.25) is 4.57 Å². The van der Waals surface area contributed by atoms with Crippen molar-refractivity contribution in [3.05, 3.63) is 16.3 Å². The van der Waals surface area contributed by atoms with Crippen LogP contribution in [0, 0.1) is 0 Å². The molecule has 2 rings (SSSR count). The Morgan fingerprint density at radius 3 is 2.76 bits per heavy atom. The second kappa shape index (κ2) is 6.00. The van der Waals surface area contributed by atoms with Crippen LogP contribution >= 0.6 is 0 Å². The molecule has 0 radical (unpaired) electrons. The van der Waals surface area contributed by atoms with Crippen LogP contribution in [0.25, 0.3) is 0 Å². The van der Waals surface area contributed by atoms with Gasteiger partial charge in [-0.25, -0.2) is 9.89 Å². The predicted octanol–water partition coefficient (Wildman–Crippen LogP) is 1.36. The molecule has 5 heteroatoms. The lowest BCUT2D eigenvalue weighted by molar-refractivity contribution is 0.478. The number of nitrogens with two attached hydrogens (primary N) is 1. The molecule has 0 atom stereocenters. The third-order valence-electron chi connectivity index (χ3n) is 3.57. The average Bonchev–Trinajstić information content (AvgIpc) is 2.94. The largest absolute Gasteiger partial charge is 0.343 e. The minimum atomic E-state index is -0.0364. The van der Waals surface area contributed by atoms with E-state index in [1.54, 1.807) is 0 Å². The summed E-state index contributed by atoms with van der Waals surface area (Å²) < 4.78 is 1.88. The maximum atomic E-state index is 11.7. The first-order valence-corrected chi connectivity index (χ1v) is 6.69. The van der Waals surface area contributed by atoms with Crippen molar-refractivity contribution in [3.8, 4) is 0 Å². The van der Waals surface area contributed by atoms with E-state index < -0.39 is 0 Å². The Kier molecular flexibility index (Phi) is 4.36. The maximum Gasteiger partial charge on any atom is 0.343 e. The van der Waals surface area contributed by atoms with Crippen LogP contribution in [-0.4, -0.2) is 21.3 Å². The molecular formula is C12H22N4O. The van der Waals surface area contributed by atoms with Crippen LogP contribution in [0.4, 0.5) is 0 Å². The van der Waals surface area contributed by atoms with Gasteiger partial charge in [0, 0.05) is 12.5 Å². The molecule has 5 nitrogen and oxygen atoms in total. The number of aromatic amines is 1. The van der Waals surface area contributed by atoms with Crippen molar-refractivity contribution in [2.45, 2.75) is 57.4 Å². The van der Waals surface area contributed by atoms with Gasteiger partial charge in [0.15, 0.2) is 0 Å². The van der Waals surface area contributed by atoms with Gasteiger partial charge in [0.2, 0.25) is 0 Å². The van der Waals surface area contributed by atoms with E-state index in [-0.39, 0.29) is 5.69 Å². The molecule has 0 spiro atoms. The molecule has 1 aliphatic rings. The number of aryl methyl sites for hydroxylation is 1. The van der Waals surface area contributed by atoms with E-state index in [0.717, 1.165) is 50.9 Å². The zero-order valence-corrected chi connectivity index (χ0v) is 10.3. The predicted molar refractivity (Wildman–Crippen MR) is 67.0 cm³/mol. The van der Waals surface area contributed by atoms with Crippen molar-refractivity contribution in [3.63, 3.8) is 0 Å². The Bertz CT molecular complexity index is 389. The molecule has 0 bridgehead atoms. The Morgan fingerprint density at radius 1 is 1.29 bits per heavy atom. The summed E-state index contributed by atoms with van der Waals surface area (Å²) in [5.41, 5.74) is 5.43. The van der Waals surface area contributed by atoms with Crippen molar-refractivity contribution in [1.82, 2.24) is 14.8 Å². The summed E-state index contributed by atoms with van der Waals surface area (Å²) in [6.45, 7) is 0.746. The summed E-state index contributed by atoms with van der Waals surface area (Å²) in [6, 6.07) is 0.380. The van der Waals surface area contributed by atoms with Gasteiger partial charge >= 0.3 is 5.69 Å². The first-order chi connectivity index (χ1) is 8.33. The van der Waals surface area contributed by atoms with E-state index in [2.05, 4.69) is 10.2 Å². The van der Waals surface area contributed by atoms with Gasteiger partial charge in [0.1, 0.15) is 5.82 Å². The topological polar surface area (TPSA) is 76.7 Å². The van der Waals surface area contributed by atoms with Crippen LogP contribution in [0.1, 0.15) is 56.8 Å². The van der Waals surface area contributed by atoms with E-state index in [1.165, 1.54) is 12.8 Å². The third kappa shape index (κ3) is 2.97. The summed E-state index contributed by atoms with van der Waals surface area (Å²) in [4.78, 5) is 11.7. The van der Waals surface area contributed by atoms with Crippen molar-refractivity contribution in [2.24, 2.45) is 5.73 Å². The molecule has 1 aromatic rings. The van der Waals surface area contributed by atoms with E-state index in [9.17, 15) is 4.79 Å². The highest BCUT2D eigenvalue weighted by Crippen LogP contribution is 2.29. The van der Waals surface area contributed by atoms with Gasteiger partial charge in [0.05, 0.1) is 0 Å². The van der Waals surface area contributed by atoms with Gasteiger partial charge in [-0.2, -0.15) is 5.10 Å². The van der Waals surface area contributed by atoms with Crippen LogP contribution in [0.15, 0.2) is 4.79 Å². The highest BCUT2D eigenvalue weighted by Gasteiger charge is 2.21. The average molecular weight is 238 g/mol. The third-order valence-corrected chi connectivity index (χ3v) is 3.57. The lowest BCUT2D eigenvalue weighted by Crippen LogP contribution is -2.22. The van der Waals surface area contributed by atoms with Gasteiger partial charge in [-0.1, -0.05) is 19.3 Å². The molecule has 0 saturated heterocycles. The molecule has 17 heavy (non-hydrogen) atoms. The summed E-state index contributed by atoms with van der Waals surface area (Å²) in [6.07, 6.45) is 8.82. The number of nitrogens with zero attached hydrogens (tertiary/aromatic N) is 2. The quantitative estimate of drug-likeness (QED) is 0.735. The number of rotatable bonds is 6. The van der Waals surface area contributed by atoms with E-state index in [4.69, 9.17) is 5.73 Å². The van der Waals surface area contributed by atoms with Crippen molar-refractivity contribution in [2.75, 3.05) is 6.54 Å². The highest BCUT2D eigenvalue weighted by atomic mass is 16.1. The molecule has 3 N–H and O–H groups in total. The van der Waals surface area contributed by atoms with Crippen LogP contribution in [0.3, 0.4) is 0 Å². The van der Waals surface area contributed by atoms with Crippen LogP contribution in [0.2, 0.25) is 0 Å². The van der Waals surface area contributed by atoms with Crippen LogP contribution < -0.4 is 11.4 Å². The monoisotopic (exact) mass is 238 g/mol. The van der Waals surface area contributed by atoms with Crippen molar-refractivity contribution in [1.29, 1.82) is 0 Å². The lowest BCUT2D eigenvalue weighted by Gasteiger charge is -2.12. The molecule has 1 fully saturated rings. The van der Waals surface area contributed by atoms with E-state index >= 15 is 0 Å². The van der Waals surface area contributed by atoms with Gasteiger partial charge < -0.3 is 5.73 Å². The molecule has 1 heterocycles. The minimum absolute atomic E-state index is 0.0364. The van der Waals surface area contributed by atoms with E-state index in [0.29, 0.717) is 6.04 Å². The lowest BCUT2D eigenvalue weighted by atomic mass is 10.1. The normalized spacial score (nSPS) is 16.8. The summed E-state index contributed by atoms with van der Waals surface area (Å²) >= 11 is 0. The summed E-state index contributed by atoms with van der Waals surface area (Å²) in [5.74, 6) is 0.930. The Morgan fingerprint density at radius 2 is 2.06 bits per heavy atom. The Labute approximate surface area is 101 Å². The SMILES string of the molecule is NCCCCCc1n[nH]c(=O)n1C1CCCC1. The van der Waals surface area contributed by atoms with Crippen molar-refractivity contribution < 1.29 is 0 Å². The summed E-state index contributed by atoms with van der Waals surface area (Å²) in [5, 5.41) is 6.74. The van der Waals surface area contributed by atoms with E-state index in [1.807, 2.05) is 4.57 Å². The van der Waals surface area contributed by atoms with Crippen molar-refractivity contribution >= 4 is 0 Å². The fourth-order valence-corrected chi connectivity index (χ4v) is 2.66. The van der Waals surface area contributed by atoms with Gasteiger partial charge in [0.25, 0.3) is 0 Å². The fourth-order valence-electron chi connectivity index (χ4n) is 2.66. The van der Waals surface area contributed by atoms with Crippen LogP contribution in [0.5, 0.6) is 0 Å². The highest BCUT2D eigenvalue weighted by molar-refractivity contribution is 4.92. The minimum Gasteiger partial charge on any atom is -0.330 e. The number of H-pyrrole nitrogens is 1. The van der Waals surface area contributed by atoms with Gasteiger partial charge in [-0.05, 0) is 32.2 Å². The molecule has 0 aromatic carbocycles. The molecule has 1 aliphatic carbocycles. The fraction of sp³-hybridized carbons (Fsp3) is 0.833. The molecule has 0 unspecified atom stereocenters. The first-order valence-electron chi connectivity index (χ1n) is 6.69. The zero-order valence-electron chi connectivity index (χ0n) is 10.3. The molecule has 0 amide bonds. The molecule has 0 aliphatic heterocycles. The molecule has 96 valence electrons. The standard InChI is InChI=1S/C12H22N4O/c13-9-5-1-2-8-11-14-15-12(17)16(11)10-6-3-4-7-10/h10H,1-9,13H2,(H,15,17). The Balaban J connectivity index is 1.99. The Hall–Kier alpha value is -1.10. The number of nitrogens with one attached hydrogen (secondary N) is 1. The summed E-state index contributed by atoms with van der Waals surface area (Å²) in [7, 11) is 0. The maximum absolute atomic E-state index is 11.7.